The zero-order valence-electron chi connectivity index (χ0n) is 21.2. The van der Waals surface area contributed by atoms with Crippen LogP contribution in [0, 0.1) is 11.7 Å². The Kier molecular flexibility index (Phi) is 6.84. The van der Waals surface area contributed by atoms with Gasteiger partial charge in [0.25, 0.3) is 0 Å². The van der Waals surface area contributed by atoms with E-state index in [0.29, 0.717) is 35.5 Å². The molecule has 3 fully saturated rings. The first-order chi connectivity index (χ1) is 18.1. The van der Waals surface area contributed by atoms with Crippen molar-refractivity contribution >= 4 is 17.0 Å². The summed E-state index contributed by atoms with van der Waals surface area (Å²) in [5.74, 6) is -0.160. The quantitative estimate of drug-likeness (QED) is 0.427. The van der Waals surface area contributed by atoms with Crippen molar-refractivity contribution in [1.29, 1.82) is 0 Å². The number of carbonyl (C=O) groups is 1. The number of pyridine rings is 1. The molecule has 7 nitrogen and oxygen atoms in total. The molecule has 2 aliphatic carbocycles. The number of hydrogen-bond donors (Lipinski definition) is 1. The first kappa shape index (κ1) is 24.3. The lowest BCUT2D eigenvalue weighted by atomic mass is 9.82. The van der Waals surface area contributed by atoms with Gasteiger partial charge in [0.15, 0.2) is 11.3 Å². The minimum Gasteiger partial charge on any atom is -0.492 e. The van der Waals surface area contributed by atoms with Crippen LogP contribution in [0.1, 0.15) is 86.3 Å². The molecule has 0 radical (unpaired) electrons. The Morgan fingerprint density at radius 3 is 2.38 bits per heavy atom. The number of halogens is 1. The number of fused-ring (bicyclic) bond motifs is 1. The molecule has 0 atom stereocenters. The van der Waals surface area contributed by atoms with E-state index in [1.807, 2.05) is 0 Å². The van der Waals surface area contributed by atoms with Gasteiger partial charge in [0, 0.05) is 18.0 Å². The topological polar surface area (TPSA) is 80.5 Å². The van der Waals surface area contributed by atoms with E-state index in [4.69, 9.17) is 9.84 Å². The molecule has 1 N–H and O–H groups in total. The summed E-state index contributed by atoms with van der Waals surface area (Å²) in [6.07, 6.45) is 12.2. The standard InChI is InChI=1S/C29H35FN4O3/c30-21-9-11-23(12-10-21)34-28-26(27(32-34)20-5-4-6-20)25(17-24(31-28)29(35)36)37-18-19-13-15-33(16-14-19)22-7-2-1-3-8-22/h9-12,17,19-20,22H,1-8,13-16,18H2,(H,35,36). The molecule has 1 aliphatic heterocycles. The summed E-state index contributed by atoms with van der Waals surface area (Å²) in [5.41, 5.74) is 1.93. The summed E-state index contributed by atoms with van der Waals surface area (Å²) in [6, 6.07) is 8.34. The largest absolute Gasteiger partial charge is 0.492 e. The highest BCUT2D eigenvalue weighted by atomic mass is 19.1. The van der Waals surface area contributed by atoms with Crippen LogP contribution >= 0.6 is 0 Å². The highest BCUT2D eigenvalue weighted by Crippen LogP contribution is 2.42. The highest BCUT2D eigenvalue weighted by Gasteiger charge is 2.31. The second-order valence-corrected chi connectivity index (χ2v) is 11.0. The van der Waals surface area contributed by atoms with Crippen molar-refractivity contribution in [2.45, 2.75) is 76.2 Å². The summed E-state index contributed by atoms with van der Waals surface area (Å²) in [6.45, 7) is 2.78. The summed E-state index contributed by atoms with van der Waals surface area (Å²) >= 11 is 0. The van der Waals surface area contributed by atoms with Gasteiger partial charge in [-0.05, 0) is 81.8 Å². The number of aromatic nitrogens is 3. The van der Waals surface area contributed by atoms with Crippen LogP contribution in [0.25, 0.3) is 16.7 Å². The molecule has 0 bridgehead atoms. The van der Waals surface area contributed by atoms with Crippen molar-refractivity contribution in [2.24, 2.45) is 5.92 Å². The van der Waals surface area contributed by atoms with E-state index in [2.05, 4.69) is 9.88 Å². The van der Waals surface area contributed by atoms with E-state index in [1.54, 1.807) is 22.9 Å². The first-order valence-electron chi connectivity index (χ1n) is 13.9. The van der Waals surface area contributed by atoms with Gasteiger partial charge in [-0.25, -0.2) is 18.9 Å². The van der Waals surface area contributed by atoms with E-state index in [-0.39, 0.29) is 11.5 Å². The molecule has 0 amide bonds. The van der Waals surface area contributed by atoms with E-state index in [0.717, 1.165) is 62.3 Å². The molecule has 2 saturated carbocycles. The second-order valence-electron chi connectivity index (χ2n) is 11.0. The lowest BCUT2D eigenvalue weighted by molar-refractivity contribution is 0.0689. The lowest BCUT2D eigenvalue weighted by Gasteiger charge is -2.39. The van der Waals surface area contributed by atoms with Gasteiger partial charge in [-0.15, -0.1) is 0 Å². The number of carboxylic acid groups (broad SMARTS) is 1. The van der Waals surface area contributed by atoms with Crippen LogP contribution in [0.3, 0.4) is 0 Å². The molecule has 2 aromatic heterocycles. The molecular weight excluding hydrogens is 471 g/mol. The summed E-state index contributed by atoms with van der Waals surface area (Å²) in [7, 11) is 0. The van der Waals surface area contributed by atoms with E-state index in [1.165, 1.54) is 44.2 Å². The fraction of sp³-hybridized carbons (Fsp3) is 0.552. The van der Waals surface area contributed by atoms with Gasteiger partial charge >= 0.3 is 5.97 Å². The summed E-state index contributed by atoms with van der Waals surface area (Å²) in [5, 5.41) is 15.5. The number of nitrogens with zero attached hydrogens (tertiary/aromatic N) is 4. The maximum atomic E-state index is 13.6. The molecule has 3 aliphatic rings. The fourth-order valence-corrected chi connectivity index (χ4v) is 6.20. The van der Waals surface area contributed by atoms with E-state index < -0.39 is 5.97 Å². The van der Waals surface area contributed by atoms with Crippen LogP contribution in [0.5, 0.6) is 5.75 Å². The molecule has 6 rings (SSSR count). The molecule has 1 aromatic carbocycles. The minimum atomic E-state index is -1.11. The Balaban J connectivity index is 1.28. The normalized spacial score (nSPS) is 20.2. The van der Waals surface area contributed by atoms with Gasteiger partial charge in [-0.1, -0.05) is 25.7 Å². The van der Waals surface area contributed by atoms with Gasteiger partial charge in [0.2, 0.25) is 0 Å². The Morgan fingerprint density at radius 1 is 1.00 bits per heavy atom. The van der Waals surface area contributed by atoms with Gasteiger partial charge in [-0.3, -0.25) is 0 Å². The number of rotatable bonds is 7. The summed E-state index contributed by atoms with van der Waals surface area (Å²) in [4.78, 5) is 19.1. The predicted molar refractivity (Wildman–Crippen MR) is 139 cm³/mol. The van der Waals surface area contributed by atoms with Crippen LogP contribution in [0.2, 0.25) is 0 Å². The minimum absolute atomic E-state index is 0.0713. The molecule has 3 heterocycles. The molecule has 0 unspecified atom stereocenters. The molecule has 8 heteroatoms. The fourth-order valence-electron chi connectivity index (χ4n) is 6.20. The summed E-state index contributed by atoms with van der Waals surface area (Å²) < 4.78 is 21.7. The van der Waals surface area contributed by atoms with Crippen molar-refractivity contribution in [1.82, 2.24) is 19.7 Å². The van der Waals surface area contributed by atoms with Gasteiger partial charge in [0.05, 0.1) is 23.4 Å². The second kappa shape index (κ2) is 10.4. The number of carboxylic acids is 1. The lowest BCUT2D eigenvalue weighted by Crippen LogP contribution is -2.43. The zero-order valence-corrected chi connectivity index (χ0v) is 21.2. The number of likely N-dealkylation sites (tertiary alicyclic amines) is 1. The van der Waals surface area contributed by atoms with Crippen molar-refractivity contribution in [3.63, 3.8) is 0 Å². The van der Waals surface area contributed by atoms with Crippen molar-refractivity contribution in [3.8, 4) is 11.4 Å². The highest BCUT2D eigenvalue weighted by molar-refractivity contribution is 5.94. The average Bonchev–Trinajstić information content (AvgIpc) is 3.26. The maximum Gasteiger partial charge on any atom is 0.354 e. The molecule has 0 spiro atoms. The average molecular weight is 507 g/mol. The Hall–Kier alpha value is -3.00. The monoisotopic (exact) mass is 506 g/mol. The van der Waals surface area contributed by atoms with Gasteiger partial charge in [-0.2, -0.15) is 5.10 Å². The Labute approximate surface area is 216 Å². The third kappa shape index (κ3) is 4.96. The zero-order chi connectivity index (χ0) is 25.4. The van der Waals surface area contributed by atoms with E-state index >= 15 is 0 Å². The third-order valence-corrected chi connectivity index (χ3v) is 8.63. The van der Waals surface area contributed by atoms with Crippen LogP contribution in [-0.2, 0) is 0 Å². The first-order valence-corrected chi connectivity index (χ1v) is 13.9. The third-order valence-electron chi connectivity index (χ3n) is 8.63. The number of aromatic carboxylic acids is 1. The Morgan fingerprint density at radius 2 is 1.73 bits per heavy atom. The molecule has 196 valence electrons. The molecule has 3 aromatic rings. The van der Waals surface area contributed by atoms with Crippen LogP contribution in [0.4, 0.5) is 4.39 Å². The maximum absolute atomic E-state index is 13.6. The number of piperidine rings is 1. The number of ether oxygens (including phenoxy) is 1. The van der Waals surface area contributed by atoms with Gasteiger partial charge in [0.1, 0.15) is 11.6 Å². The van der Waals surface area contributed by atoms with Crippen LogP contribution in [-0.4, -0.2) is 56.5 Å². The van der Waals surface area contributed by atoms with Crippen molar-refractivity contribution in [3.05, 3.63) is 47.5 Å². The molecule has 37 heavy (non-hydrogen) atoms. The SMILES string of the molecule is O=C(O)c1cc(OCC2CCN(C3CCCCC3)CC2)c2c(C3CCC3)nn(-c3ccc(F)cc3)c2n1. The van der Waals surface area contributed by atoms with Crippen LogP contribution in [0.15, 0.2) is 30.3 Å². The molecular formula is C29H35FN4O3. The van der Waals surface area contributed by atoms with Crippen LogP contribution < -0.4 is 4.74 Å². The van der Waals surface area contributed by atoms with Crippen molar-refractivity contribution in [2.75, 3.05) is 19.7 Å². The van der Waals surface area contributed by atoms with E-state index in [9.17, 15) is 14.3 Å². The van der Waals surface area contributed by atoms with Crippen molar-refractivity contribution < 1.29 is 19.0 Å². The predicted octanol–water partition coefficient (Wildman–Crippen LogP) is 5.95. The van der Waals surface area contributed by atoms with Gasteiger partial charge < -0.3 is 14.7 Å². The Bertz CT molecular complexity index is 1260. The number of benzene rings is 1. The smallest absolute Gasteiger partial charge is 0.354 e. The number of hydrogen-bond acceptors (Lipinski definition) is 5. The molecule has 1 saturated heterocycles.